The maximum absolute atomic E-state index is 12.3. The predicted molar refractivity (Wildman–Crippen MR) is 76.8 cm³/mol. The molecule has 0 heterocycles. The van der Waals surface area contributed by atoms with E-state index in [0.29, 0.717) is 4.47 Å². The summed E-state index contributed by atoms with van der Waals surface area (Å²) >= 11 is 3.24. The molecule has 0 bridgehead atoms. The van der Waals surface area contributed by atoms with Crippen LogP contribution in [0, 0.1) is 5.41 Å². The van der Waals surface area contributed by atoms with E-state index in [1.165, 1.54) is 0 Å². The van der Waals surface area contributed by atoms with Crippen LogP contribution >= 0.6 is 15.9 Å². The summed E-state index contributed by atoms with van der Waals surface area (Å²) in [5, 5.41) is 0. The van der Waals surface area contributed by atoms with Crippen molar-refractivity contribution in [2.75, 3.05) is 6.54 Å². The topological polar surface area (TPSA) is 72.2 Å². The number of hydrogen-bond acceptors (Lipinski definition) is 3. The number of sulfonamides is 1. The van der Waals surface area contributed by atoms with Gasteiger partial charge in [-0.3, -0.25) is 0 Å². The Bertz CT molecular complexity index is 509. The van der Waals surface area contributed by atoms with Gasteiger partial charge in [0.15, 0.2) is 0 Å². The monoisotopic (exact) mass is 334 g/mol. The Hall–Kier alpha value is -0.430. The first-order valence-corrected chi connectivity index (χ1v) is 7.93. The Balaban J connectivity index is 3.06. The molecule has 0 radical (unpaired) electrons. The first-order chi connectivity index (χ1) is 8.18. The lowest BCUT2D eigenvalue weighted by atomic mass is 9.88. The van der Waals surface area contributed by atoms with Crippen molar-refractivity contribution in [3.05, 3.63) is 28.7 Å². The van der Waals surface area contributed by atoms with Crippen molar-refractivity contribution in [2.45, 2.75) is 31.7 Å². The molecule has 1 aromatic rings. The largest absolute Gasteiger partial charge is 0.329 e. The Labute approximate surface area is 117 Å². The van der Waals surface area contributed by atoms with Crippen LogP contribution in [0.25, 0.3) is 0 Å². The van der Waals surface area contributed by atoms with Crippen molar-refractivity contribution in [2.24, 2.45) is 11.1 Å². The van der Waals surface area contributed by atoms with Gasteiger partial charge in [-0.1, -0.05) is 32.9 Å². The molecule has 0 amide bonds. The van der Waals surface area contributed by atoms with E-state index in [-0.39, 0.29) is 22.9 Å². The molecule has 6 heteroatoms. The van der Waals surface area contributed by atoms with Gasteiger partial charge < -0.3 is 5.73 Å². The minimum Gasteiger partial charge on any atom is -0.329 e. The minimum atomic E-state index is -3.56. The smallest absolute Gasteiger partial charge is 0.242 e. The van der Waals surface area contributed by atoms with E-state index in [1.807, 2.05) is 20.8 Å². The highest BCUT2D eigenvalue weighted by Gasteiger charge is 2.29. The molecule has 0 aliphatic heterocycles. The third-order valence-corrected chi connectivity index (χ3v) is 5.19. The number of nitrogens with two attached hydrogens (primary N) is 1. The van der Waals surface area contributed by atoms with Crippen molar-refractivity contribution in [1.29, 1.82) is 0 Å². The maximum atomic E-state index is 12.3. The highest BCUT2D eigenvalue weighted by Crippen LogP contribution is 2.24. The van der Waals surface area contributed by atoms with Crippen LogP contribution < -0.4 is 10.5 Å². The first-order valence-electron chi connectivity index (χ1n) is 5.65. The molecule has 0 saturated carbocycles. The number of nitrogens with one attached hydrogen (secondary N) is 1. The molecule has 0 aliphatic carbocycles. The van der Waals surface area contributed by atoms with Gasteiger partial charge in [-0.15, -0.1) is 0 Å². The van der Waals surface area contributed by atoms with Crippen molar-refractivity contribution in [1.82, 2.24) is 4.72 Å². The number of halogens is 1. The second-order valence-corrected chi connectivity index (χ2v) is 7.74. The van der Waals surface area contributed by atoms with Gasteiger partial charge in [-0.05, 0) is 33.5 Å². The van der Waals surface area contributed by atoms with E-state index in [1.54, 1.807) is 24.3 Å². The molecule has 0 fully saturated rings. The Morgan fingerprint density at radius 2 is 1.89 bits per heavy atom. The van der Waals surface area contributed by atoms with Gasteiger partial charge in [0, 0.05) is 17.1 Å². The summed E-state index contributed by atoms with van der Waals surface area (Å²) in [6, 6.07) is 6.40. The normalized spacial score (nSPS) is 14.5. The van der Waals surface area contributed by atoms with Gasteiger partial charge in [-0.2, -0.15) is 0 Å². The van der Waals surface area contributed by atoms with Gasteiger partial charge in [0.2, 0.25) is 10.0 Å². The van der Waals surface area contributed by atoms with Crippen LogP contribution in [0.4, 0.5) is 0 Å². The fourth-order valence-corrected chi connectivity index (χ4v) is 3.95. The second kappa shape index (κ2) is 5.69. The minimum absolute atomic E-state index is 0.229. The molecular weight excluding hydrogens is 316 g/mol. The lowest BCUT2D eigenvalue weighted by Crippen LogP contribution is -2.48. The lowest BCUT2D eigenvalue weighted by molar-refractivity contribution is 0.304. The first kappa shape index (κ1) is 15.6. The Kier molecular flexibility index (Phi) is 4.94. The highest BCUT2D eigenvalue weighted by molar-refractivity contribution is 9.10. The zero-order valence-electron chi connectivity index (χ0n) is 10.8. The summed E-state index contributed by atoms with van der Waals surface area (Å²) in [5.41, 5.74) is 5.41. The summed E-state index contributed by atoms with van der Waals surface area (Å²) < 4.78 is 27.7. The van der Waals surface area contributed by atoms with Gasteiger partial charge in [-0.25, -0.2) is 13.1 Å². The number of rotatable bonds is 4. The van der Waals surface area contributed by atoms with Crippen molar-refractivity contribution < 1.29 is 8.42 Å². The SMILES string of the molecule is CC(C)(C)C(CN)NS(=O)(=O)c1ccccc1Br. The average molecular weight is 335 g/mol. The Morgan fingerprint density at radius 3 is 2.33 bits per heavy atom. The molecule has 1 rings (SSSR count). The number of benzene rings is 1. The van der Waals surface area contributed by atoms with Crippen LogP contribution in [0.3, 0.4) is 0 Å². The molecule has 0 saturated heterocycles. The molecule has 102 valence electrons. The fraction of sp³-hybridized carbons (Fsp3) is 0.500. The van der Waals surface area contributed by atoms with Crippen molar-refractivity contribution >= 4 is 26.0 Å². The molecule has 1 atom stereocenters. The Morgan fingerprint density at radius 1 is 1.33 bits per heavy atom. The summed E-state index contributed by atoms with van der Waals surface area (Å²) in [7, 11) is -3.56. The van der Waals surface area contributed by atoms with E-state index in [4.69, 9.17) is 5.73 Å². The maximum Gasteiger partial charge on any atom is 0.242 e. The third-order valence-electron chi connectivity index (χ3n) is 2.70. The molecule has 0 spiro atoms. The molecule has 1 unspecified atom stereocenters. The predicted octanol–water partition coefficient (Wildman–Crippen LogP) is 2.10. The van der Waals surface area contributed by atoms with E-state index < -0.39 is 10.0 Å². The van der Waals surface area contributed by atoms with E-state index >= 15 is 0 Å². The summed E-state index contributed by atoms with van der Waals surface area (Å²) in [4.78, 5) is 0.229. The van der Waals surface area contributed by atoms with Crippen LogP contribution in [0.2, 0.25) is 0 Å². The standard InChI is InChI=1S/C12H19BrN2O2S/c1-12(2,3)11(8-14)15-18(16,17)10-7-5-4-6-9(10)13/h4-7,11,15H,8,14H2,1-3H3. The van der Waals surface area contributed by atoms with Gasteiger partial charge in [0.1, 0.15) is 0 Å². The van der Waals surface area contributed by atoms with Crippen molar-refractivity contribution in [3.63, 3.8) is 0 Å². The van der Waals surface area contributed by atoms with E-state index in [0.717, 1.165) is 0 Å². The molecular formula is C12H19BrN2O2S. The molecule has 4 nitrogen and oxygen atoms in total. The summed E-state index contributed by atoms with van der Waals surface area (Å²) in [6.45, 7) is 6.11. The molecule has 18 heavy (non-hydrogen) atoms. The molecule has 3 N–H and O–H groups in total. The zero-order valence-corrected chi connectivity index (χ0v) is 13.2. The van der Waals surface area contributed by atoms with Gasteiger partial charge >= 0.3 is 0 Å². The zero-order chi connectivity index (χ0) is 14.0. The van der Waals surface area contributed by atoms with E-state index in [9.17, 15) is 8.42 Å². The summed E-state index contributed by atoms with van der Waals surface area (Å²) in [6.07, 6.45) is 0. The number of hydrogen-bond donors (Lipinski definition) is 2. The van der Waals surface area contributed by atoms with Crippen LogP contribution in [0.15, 0.2) is 33.6 Å². The fourth-order valence-electron chi connectivity index (χ4n) is 1.49. The third kappa shape index (κ3) is 3.78. The molecule has 1 aromatic carbocycles. The van der Waals surface area contributed by atoms with Crippen molar-refractivity contribution in [3.8, 4) is 0 Å². The molecule has 0 aromatic heterocycles. The van der Waals surface area contributed by atoms with Crippen LogP contribution in [0.1, 0.15) is 20.8 Å². The second-order valence-electron chi connectivity index (χ2n) is 5.21. The van der Waals surface area contributed by atoms with E-state index in [2.05, 4.69) is 20.7 Å². The van der Waals surface area contributed by atoms with Crippen LogP contribution in [-0.4, -0.2) is 21.0 Å². The average Bonchev–Trinajstić information content (AvgIpc) is 2.24. The summed E-state index contributed by atoms with van der Waals surface area (Å²) in [5.74, 6) is 0. The van der Waals surface area contributed by atoms with Crippen LogP contribution in [-0.2, 0) is 10.0 Å². The lowest BCUT2D eigenvalue weighted by Gasteiger charge is -2.30. The van der Waals surface area contributed by atoms with Gasteiger partial charge in [0.25, 0.3) is 0 Å². The van der Waals surface area contributed by atoms with Crippen LogP contribution in [0.5, 0.6) is 0 Å². The molecule has 0 aliphatic rings. The quantitative estimate of drug-likeness (QED) is 0.885. The van der Waals surface area contributed by atoms with Gasteiger partial charge in [0.05, 0.1) is 4.90 Å². The highest BCUT2D eigenvalue weighted by atomic mass is 79.9.